The fourth-order valence-electron chi connectivity index (χ4n) is 0.426. The van der Waals surface area contributed by atoms with Crippen LogP contribution >= 0.6 is 12.2 Å². The van der Waals surface area contributed by atoms with Crippen molar-refractivity contribution in [3.05, 3.63) is 12.3 Å². The van der Waals surface area contributed by atoms with Crippen molar-refractivity contribution in [1.29, 1.82) is 0 Å². The summed E-state index contributed by atoms with van der Waals surface area (Å²) in [4.78, 5) is 4.71. The highest BCUT2D eigenvalue weighted by Gasteiger charge is 1.89. The van der Waals surface area contributed by atoms with Crippen LogP contribution < -0.4 is 5.32 Å². The van der Waals surface area contributed by atoms with E-state index in [2.05, 4.69) is 10.3 Å². The number of thiocarbonyl (C=S) groups is 1. The van der Waals surface area contributed by atoms with Crippen LogP contribution in [0.25, 0.3) is 0 Å². The summed E-state index contributed by atoms with van der Waals surface area (Å²) < 4.78 is 0. The molecule has 1 N–H and O–H groups in total. The van der Waals surface area contributed by atoms with E-state index in [1.54, 1.807) is 12.4 Å². The normalized spacial score (nSPS) is 17.8. The first-order chi connectivity index (χ1) is 3.89. The molecule has 3 heteroatoms. The standard InChI is InChI=1S/C5H6N2S/c8-5-4-6-2-1-3-7-5/h1-3H,4H2,(H,7,8). The summed E-state index contributed by atoms with van der Waals surface area (Å²) in [6.45, 7) is 0.613. The first-order valence-electron chi connectivity index (χ1n) is 2.34. The molecule has 0 radical (unpaired) electrons. The van der Waals surface area contributed by atoms with Gasteiger partial charge in [0, 0.05) is 12.4 Å². The van der Waals surface area contributed by atoms with E-state index >= 15 is 0 Å². The Hall–Kier alpha value is -0.700. The van der Waals surface area contributed by atoms with E-state index in [1.807, 2.05) is 6.08 Å². The first-order valence-corrected chi connectivity index (χ1v) is 2.75. The average molecular weight is 126 g/mol. The quantitative estimate of drug-likeness (QED) is 0.478. The Kier molecular flexibility index (Phi) is 1.75. The van der Waals surface area contributed by atoms with E-state index in [4.69, 9.17) is 12.2 Å². The molecular formula is C5H6N2S. The largest absolute Gasteiger partial charge is 0.355 e. The minimum absolute atomic E-state index is 0.613. The molecule has 0 aromatic rings. The number of rotatable bonds is 0. The van der Waals surface area contributed by atoms with Crippen LogP contribution in [0.15, 0.2) is 17.3 Å². The van der Waals surface area contributed by atoms with Gasteiger partial charge in [-0.15, -0.1) is 0 Å². The Bertz CT molecular complexity index is 133. The van der Waals surface area contributed by atoms with Crippen LogP contribution in [0.5, 0.6) is 0 Å². The van der Waals surface area contributed by atoms with Crippen molar-refractivity contribution < 1.29 is 0 Å². The smallest absolute Gasteiger partial charge is 0.101 e. The minimum Gasteiger partial charge on any atom is -0.355 e. The van der Waals surface area contributed by atoms with Gasteiger partial charge in [0.05, 0.1) is 6.54 Å². The Balaban J connectivity index is 2.58. The zero-order chi connectivity index (χ0) is 5.82. The summed E-state index contributed by atoms with van der Waals surface area (Å²) in [7, 11) is 0. The van der Waals surface area contributed by atoms with Gasteiger partial charge in [-0.25, -0.2) is 0 Å². The summed E-state index contributed by atoms with van der Waals surface area (Å²) in [5.74, 6) is 0. The van der Waals surface area contributed by atoms with E-state index in [9.17, 15) is 0 Å². The molecule has 0 bridgehead atoms. The summed E-state index contributed by atoms with van der Waals surface area (Å²) in [6.07, 6.45) is 5.32. The molecule has 0 aromatic heterocycles. The molecule has 0 spiro atoms. The molecule has 1 rings (SSSR count). The number of aliphatic imine (C=N–C) groups is 1. The molecule has 0 saturated heterocycles. The fraction of sp³-hybridized carbons (Fsp3) is 0.200. The van der Waals surface area contributed by atoms with Gasteiger partial charge in [-0.2, -0.15) is 0 Å². The third kappa shape index (κ3) is 1.42. The van der Waals surface area contributed by atoms with Crippen LogP contribution in [0, 0.1) is 0 Å². The van der Waals surface area contributed by atoms with Gasteiger partial charge in [0.2, 0.25) is 0 Å². The zero-order valence-electron chi connectivity index (χ0n) is 4.29. The third-order valence-electron chi connectivity index (χ3n) is 0.767. The second-order valence-corrected chi connectivity index (χ2v) is 1.91. The van der Waals surface area contributed by atoms with Crippen molar-refractivity contribution in [2.45, 2.75) is 0 Å². The highest BCUT2D eigenvalue weighted by molar-refractivity contribution is 7.80. The molecule has 1 aliphatic rings. The summed E-state index contributed by atoms with van der Waals surface area (Å²) in [5.41, 5.74) is 0. The second kappa shape index (κ2) is 2.57. The van der Waals surface area contributed by atoms with Gasteiger partial charge in [-0.1, -0.05) is 12.2 Å². The average Bonchev–Trinajstić information content (AvgIpc) is 1.94. The molecule has 42 valence electrons. The van der Waals surface area contributed by atoms with E-state index in [1.165, 1.54) is 0 Å². The van der Waals surface area contributed by atoms with E-state index in [0.29, 0.717) is 6.54 Å². The number of nitrogens with zero attached hydrogens (tertiary/aromatic N) is 1. The number of nitrogens with one attached hydrogen (secondary N) is 1. The van der Waals surface area contributed by atoms with Gasteiger partial charge in [0.1, 0.15) is 4.99 Å². The molecule has 0 amide bonds. The lowest BCUT2D eigenvalue weighted by molar-refractivity contribution is 1.23. The molecule has 8 heavy (non-hydrogen) atoms. The highest BCUT2D eigenvalue weighted by Crippen LogP contribution is 1.79. The van der Waals surface area contributed by atoms with Gasteiger partial charge in [-0.05, 0) is 6.08 Å². The van der Waals surface area contributed by atoms with Gasteiger partial charge < -0.3 is 5.32 Å². The monoisotopic (exact) mass is 126 g/mol. The summed E-state index contributed by atoms with van der Waals surface area (Å²) in [5, 5.41) is 2.87. The predicted octanol–water partition coefficient (Wildman–Crippen LogP) is 0.502. The molecule has 0 unspecified atom stereocenters. The molecule has 0 atom stereocenters. The lowest BCUT2D eigenvalue weighted by atomic mass is 10.6. The molecule has 0 aliphatic carbocycles. The van der Waals surface area contributed by atoms with Crippen molar-refractivity contribution in [3.63, 3.8) is 0 Å². The topological polar surface area (TPSA) is 24.4 Å². The number of hydrogen-bond donors (Lipinski definition) is 1. The Morgan fingerprint density at radius 3 is 3.50 bits per heavy atom. The molecule has 0 fully saturated rings. The summed E-state index contributed by atoms with van der Waals surface area (Å²) in [6, 6.07) is 0. The van der Waals surface area contributed by atoms with E-state index in [-0.39, 0.29) is 0 Å². The SMILES string of the molecule is S=C1CN=CC=CN1. The van der Waals surface area contributed by atoms with Gasteiger partial charge in [-0.3, -0.25) is 4.99 Å². The van der Waals surface area contributed by atoms with Gasteiger partial charge in [0.25, 0.3) is 0 Å². The van der Waals surface area contributed by atoms with Crippen molar-refractivity contribution in [3.8, 4) is 0 Å². The molecule has 0 saturated carbocycles. The first kappa shape index (κ1) is 5.44. The maximum atomic E-state index is 4.82. The molecular weight excluding hydrogens is 120 g/mol. The highest BCUT2D eigenvalue weighted by atomic mass is 32.1. The number of hydrogen-bond acceptors (Lipinski definition) is 2. The maximum Gasteiger partial charge on any atom is 0.101 e. The zero-order valence-corrected chi connectivity index (χ0v) is 5.11. The van der Waals surface area contributed by atoms with E-state index < -0.39 is 0 Å². The van der Waals surface area contributed by atoms with Crippen molar-refractivity contribution in [1.82, 2.24) is 5.32 Å². The fourth-order valence-corrected chi connectivity index (χ4v) is 0.569. The third-order valence-corrected chi connectivity index (χ3v) is 1.01. The second-order valence-electron chi connectivity index (χ2n) is 1.42. The molecule has 1 aliphatic heterocycles. The van der Waals surface area contributed by atoms with Crippen LogP contribution in [0.4, 0.5) is 0 Å². The Morgan fingerprint density at radius 1 is 1.75 bits per heavy atom. The Morgan fingerprint density at radius 2 is 2.62 bits per heavy atom. The Labute approximate surface area is 53.3 Å². The minimum atomic E-state index is 0.613. The van der Waals surface area contributed by atoms with Gasteiger partial charge in [0.15, 0.2) is 0 Å². The predicted molar refractivity (Wildman–Crippen MR) is 38.2 cm³/mol. The van der Waals surface area contributed by atoms with Crippen molar-refractivity contribution in [2.24, 2.45) is 4.99 Å². The van der Waals surface area contributed by atoms with Crippen LogP contribution in [0.1, 0.15) is 0 Å². The molecule has 2 nitrogen and oxygen atoms in total. The maximum absolute atomic E-state index is 4.82. The lowest BCUT2D eigenvalue weighted by Crippen LogP contribution is -2.15. The van der Waals surface area contributed by atoms with Gasteiger partial charge >= 0.3 is 0 Å². The molecule has 0 aromatic carbocycles. The van der Waals surface area contributed by atoms with Crippen molar-refractivity contribution in [2.75, 3.05) is 6.54 Å². The van der Waals surface area contributed by atoms with Crippen LogP contribution in [0.3, 0.4) is 0 Å². The lowest BCUT2D eigenvalue weighted by Gasteiger charge is -1.92. The summed E-state index contributed by atoms with van der Waals surface area (Å²) >= 11 is 4.82. The van der Waals surface area contributed by atoms with Crippen LogP contribution in [-0.2, 0) is 0 Å². The van der Waals surface area contributed by atoms with Crippen LogP contribution in [-0.4, -0.2) is 17.7 Å². The van der Waals surface area contributed by atoms with Crippen molar-refractivity contribution >= 4 is 23.4 Å². The molecule has 1 heterocycles. The van der Waals surface area contributed by atoms with E-state index in [0.717, 1.165) is 4.99 Å². The van der Waals surface area contributed by atoms with Crippen LogP contribution in [0.2, 0.25) is 0 Å². The number of allylic oxidation sites excluding steroid dienone is 1.